The molecule has 8 heteroatoms. The number of nitrogens with zero attached hydrogens (tertiary/aromatic N) is 2. The fraction of sp³-hybridized carbons (Fsp3) is 0.667. The van der Waals surface area contributed by atoms with E-state index in [4.69, 9.17) is 9.73 Å². The molecule has 29 heavy (non-hydrogen) atoms. The molecular weight excluding hydrogens is 489 g/mol. The predicted molar refractivity (Wildman–Crippen MR) is 124 cm³/mol. The maximum absolute atomic E-state index is 13.5. The highest BCUT2D eigenvalue weighted by atomic mass is 127. The Hall–Kier alpha value is -1.16. The Morgan fingerprint density at radius 2 is 2.00 bits per heavy atom. The molecule has 1 aromatic carbocycles. The highest BCUT2D eigenvalue weighted by Gasteiger charge is 2.23. The molecule has 1 heterocycles. The van der Waals surface area contributed by atoms with Gasteiger partial charge < -0.3 is 20.3 Å². The van der Waals surface area contributed by atoms with Crippen molar-refractivity contribution < 1.29 is 13.5 Å². The Kier molecular flexibility index (Phi) is 10.4. The third-order valence-corrected chi connectivity index (χ3v) is 5.21. The van der Waals surface area contributed by atoms with E-state index in [1.54, 1.807) is 6.07 Å². The third-order valence-electron chi connectivity index (χ3n) is 5.21. The van der Waals surface area contributed by atoms with Crippen LogP contribution in [0.3, 0.4) is 0 Å². The summed E-state index contributed by atoms with van der Waals surface area (Å²) in [5.41, 5.74) is 0.738. The molecule has 164 valence electrons. The average molecular weight is 522 g/mol. The van der Waals surface area contributed by atoms with Crippen molar-refractivity contribution in [3.05, 3.63) is 29.8 Å². The Bertz CT molecular complexity index is 658. The number of aliphatic imine (C=N–C) groups is 1. The Balaban J connectivity index is 0.00000300. The van der Waals surface area contributed by atoms with Gasteiger partial charge in [0.1, 0.15) is 0 Å². The summed E-state index contributed by atoms with van der Waals surface area (Å²) in [4.78, 5) is 6.80. The Labute approximate surface area is 189 Å². The van der Waals surface area contributed by atoms with Gasteiger partial charge in [0.25, 0.3) is 0 Å². The monoisotopic (exact) mass is 522 g/mol. The van der Waals surface area contributed by atoms with Crippen molar-refractivity contribution in [3.8, 4) is 0 Å². The van der Waals surface area contributed by atoms with E-state index < -0.39 is 11.6 Å². The highest BCUT2D eigenvalue weighted by Crippen LogP contribution is 2.28. The summed E-state index contributed by atoms with van der Waals surface area (Å²) >= 11 is 0. The summed E-state index contributed by atoms with van der Waals surface area (Å²) < 4.78 is 32.2. The van der Waals surface area contributed by atoms with Crippen LogP contribution in [0.4, 0.5) is 14.5 Å². The van der Waals surface area contributed by atoms with Crippen LogP contribution >= 0.6 is 24.0 Å². The van der Waals surface area contributed by atoms with Gasteiger partial charge in [-0.3, -0.25) is 4.99 Å². The molecule has 3 rings (SSSR count). The number of guanidine groups is 1. The maximum Gasteiger partial charge on any atom is 0.191 e. The molecule has 0 aromatic heterocycles. The first kappa shape index (κ1) is 24.1. The molecule has 1 saturated carbocycles. The van der Waals surface area contributed by atoms with Crippen LogP contribution in [0.2, 0.25) is 0 Å². The quantitative estimate of drug-likeness (QED) is 0.213. The molecule has 0 amide bonds. The van der Waals surface area contributed by atoms with Crippen molar-refractivity contribution in [1.82, 2.24) is 10.6 Å². The lowest BCUT2D eigenvalue weighted by atomic mass is 10.1. The lowest BCUT2D eigenvalue weighted by molar-refractivity contribution is 0.123. The molecule has 0 spiro atoms. The van der Waals surface area contributed by atoms with E-state index >= 15 is 0 Å². The zero-order valence-corrected chi connectivity index (χ0v) is 19.5. The van der Waals surface area contributed by atoms with E-state index in [1.807, 2.05) is 0 Å². The topological polar surface area (TPSA) is 48.9 Å². The summed E-state index contributed by atoms with van der Waals surface area (Å²) in [5.74, 6) is 0.452. The summed E-state index contributed by atoms with van der Waals surface area (Å²) in [6.07, 6.45) is 4.61. The Morgan fingerprint density at radius 1 is 1.17 bits per heavy atom. The molecule has 1 atom stereocenters. The van der Waals surface area contributed by atoms with Crippen LogP contribution < -0.4 is 15.5 Å². The van der Waals surface area contributed by atoms with Gasteiger partial charge in [0.2, 0.25) is 0 Å². The van der Waals surface area contributed by atoms with E-state index in [2.05, 4.69) is 22.5 Å². The second kappa shape index (κ2) is 12.5. The third kappa shape index (κ3) is 8.24. The van der Waals surface area contributed by atoms with Crippen LogP contribution in [0.25, 0.3) is 0 Å². The van der Waals surface area contributed by atoms with Crippen LogP contribution in [0.5, 0.6) is 0 Å². The van der Waals surface area contributed by atoms with Gasteiger partial charge in [0, 0.05) is 57.7 Å². The van der Waals surface area contributed by atoms with E-state index in [1.165, 1.54) is 25.0 Å². The lowest BCUT2D eigenvalue weighted by Gasteiger charge is -2.18. The summed E-state index contributed by atoms with van der Waals surface area (Å²) in [6, 6.07) is 4.11. The minimum atomic E-state index is -0.802. The van der Waals surface area contributed by atoms with E-state index in [0.29, 0.717) is 12.5 Å². The van der Waals surface area contributed by atoms with Gasteiger partial charge in [-0.05, 0) is 56.6 Å². The molecule has 2 aliphatic rings. The first-order chi connectivity index (χ1) is 13.7. The molecular formula is C21H33F2IN4O. The SMILES string of the molecule is CCNC(=NCC1CCN(c2ccc(F)c(F)c2)C1)NCCCOCC1CC1.I. The minimum Gasteiger partial charge on any atom is -0.381 e. The Morgan fingerprint density at radius 3 is 2.72 bits per heavy atom. The van der Waals surface area contributed by atoms with Gasteiger partial charge in [-0.25, -0.2) is 8.78 Å². The van der Waals surface area contributed by atoms with E-state index in [9.17, 15) is 8.78 Å². The van der Waals surface area contributed by atoms with Crippen molar-refractivity contribution in [2.75, 3.05) is 50.8 Å². The highest BCUT2D eigenvalue weighted by molar-refractivity contribution is 14.0. The molecule has 0 radical (unpaired) electrons. The number of halogens is 3. The molecule has 2 fully saturated rings. The summed E-state index contributed by atoms with van der Waals surface area (Å²) in [6.45, 7) is 7.76. The second-order valence-corrected chi connectivity index (χ2v) is 7.72. The standard InChI is InChI=1S/C21H32F2N4O.HI/c1-2-24-21(25-9-3-11-28-15-16-4-5-16)26-13-17-8-10-27(14-17)18-6-7-19(22)20(23)12-18;/h6-7,12,16-17H,2-5,8-11,13-15H2,1H3,(H2,24,25,26);1H. The van der Waals surface area contributed by atoms with Gasteiger partial charge in [-0.2, -0.15) is 0 Å². The van der Waals surface area contributed by atoms with Gasteiger partial charge >= 0.3 is 0 Å². The van der Waals surface area contributed by atoms with Crippen molar-refractivity contribution in [2.45, 2.75) is 32.6 Å². The molecule has 0 bridgehead atoms. The average Bonchev–Trinajstić information content (AvgIpc) is 3.39. The lowest BCUT2D eigenvalue weighted by Crippen LogP contribution is -2.38. The number of anilines is 1. The number of hydrogen-bond donors (Lipinski definition) is 2. The molecule has 1 aromatic rings. The van der Waals surface area contributed by atoms with Crippen LogP contribution in [0.15, 0.2) is 23.2 Å². The van der Waals surface area contributed by atoms with Gasteiger partial charge in [0.15, 0.2) is 17.6 Å². The van der Waals surface area contributed by atoms with Crippen molar-refractivity contribution in [2.24, 2.45) is 16.8 Å². The molecule has 1 unspecified atom stereocenters. The van der Waals surface area contributed by atoms with Crippen molar-refractivity contribution in [1.29, 1.82) is 0 Å². The zero-order valence-electron chi connectivity index (χ0n) is 17.1. The number of hydrogen-bond acceptors (Lipinski definition) is 3. The maximum atomic E-state index is 13.5. The molecule has 5 nitrogen and oxygen atoms in total. The zero-order chi connectivity index (χ0) is 19.8. The van der Waals surface area contributed by atoms with Crippen LogP contribution in [-0.2, 0) is 4.74 Å². The number of ether oxygens (including phenoxy) is 1. The number of rotatable bonds is 10. The normalized spacial score (nSPS) is 19.2. The molecule has 1 aliphatic carbocycles. The van der Waals surface area contributed by atoms with Crippen molar-refractivity contribution >= 4 is 35.6 Å². The summed E-state index contributed by atoms with van der Waals surface area (Å²) in [5, 5.41) is 6.63. The van der Waals surface area contributed by atoms with E-state index in [0.717, 1.165) is 69.8 Å². The van der Waals surface area contributed by atoms with Gasteiger partial charge in [0.05, 0.1) is 0 Å². The number of nitrogens with one attached hydrogen (secondary N) is 2. The molecule has 2 N–H and O–H groups in total. The van der Waals surface area contributed by atoms with E-state index in [-0.39, 0.29) is 24.0 Å². The van der Waals surface area contributed by atoms with Crippen LogP contribution in [0.1, 0.15) is 32.6 Å². The fourth-order valence-electron chi connectivity index (χ4n) is 3.38. The van der Waals surface area contributed by atoms with Crippen LogP contribution in [0, 0.1) is 23.5 Å². The second-order valence-electron chi connectivity index (χ2n) is 7.72. The molecule has 1 aliphatic heterocycles. The van der Waals surface area contributed by atoms with Crippen molar-refractivity contribution in [3.63, 3.8) is 0 Å². The number of benzene rings is 1. The largest absolute Gasteiger partial charge is 0.381 e. The predicted octanol–water partition coefficient (Wildman–Crippen LogP) is 3.78. The smallest absolute Gasteiger partial charge is 0.191 e. The first-order valence-electron chi connectivity index (χ1n) is 10.5. The minimum absolute atomic E-state index is 0. The van der Waals surface area contributed by atoms with Crippen LogP contribution in [-0.4, -0.2) is 51.9 Å². The van der Waals surface area contributed by atoms with Gasteiger partial charge in [-0.15, -0.1) is 24.0 Å². The fourth-order valence-corrected chi connectivity index (χ4v) is 3.38. The first-order valence-corrected chi connectivity index (χ1v) is 10.5. The molecule has 1 saturated heterocycles. The van der Waals surface area contributed by atoms with Gasteiger partial charge in [-0.1, -0.05) is 0 Å². The summed E-state index contributed by atoms with van der Waals surface area (Å²) in [7, 11) is 0.